The van der Waals surface area contributed by atoms with Gasteiger partial charge in [0.25, 0.3) is 0 Å². The Bertz CT molecular complexity index is 1110. The molecule has 1 saturated heterocycles. The molecule has 184 valence electrons. The first-order valence-corrected chi connectivity index (χ1v) is 12.2. The Hall–Kier alpha value is -3.18. The molecule has 0 aromatic heterocycles. The van der Waals surface area contributed by atoms with E-state index in [1.165, 1.54) is 36.4 Å². The number of nitrogens with one attached hydrogen (secondary N) is 1. The van der Waals surface area contributed by atoms with Gasteiger partial charge in [0.1, 0.15) is 24.2 Å². The fraction of sp³-hybridized carbons (Fsp3) is 0.391. The van der Waals surface area contributed by atoms with Crippen molar-refractivity contribution in [3.63, 3.8) is 0 Å². The van der Waals surface area contributed by atoms with Gasteiger partial charge in [-0.1, -0.05) is 12.1 Å². The SMILES string of the molecule is CC(C)OC(=O)N[C@H]1CCCN(S(=O)(=O)c2ccc(OCc3ccc(F)cc3)cc2)[C@H]1C(=O)O. The molecule has 1 heterocycles. The Balaban J connectivity index is 1.74. The summed E-state index contributed by atoms with van der Waals surface area (Å²) in [5.74, 6) is -1.32. The number of ether oxygens (including phenoxy) is 2. The number of carbonyl (C=O) groups excluding carboxylic acids is 1. The monoisotopic (exact) mass is 494 g/mol. The van der Waals surface area contributed by atoms with E-state index in [0.717, 1.165) is 9.87 Å². The van der Waals surface area contributed by atoms with Crippen LogP contribution in [0.2, 0.25) is 0 Å². The molecule has 34 heavy (non-hydrogen) atoms. The Labute approximate surface area is 197 Å². The van der Waals surface area contributed by atoms with Gasteiger partial charge < -0.3 is 19.9 Å². The van der Waals surface area contributed by atoms with Gasteiger partial charge in [0, 0.05) is 6.54 Å². The molecule has 0 aliphatic carbocycles. The number of alkyl carbamates (subject to hydrolysis) is 1. The lowest BCUT2D eigenvalue weighted by Crippen LogP contribution is -2.60. The van der Waals surface area contributed by atoms with Crippen LogP contribution >= 0.6 is 0 Å². The van der Waals surface area contributed by atoms with Crippen molar-refractivity contribution in [1.82, 2.24) is 9.62 Å². The summed E-state index contributed by atoms with van der Waals surface area (Å²) in [5, 5.41) is 12.3. The van der Waals surface area contributed by atoms with Crippen LogP contribution < -0.4 is 10.1 Å². The number of rotatable bonds is 8. The average Bonchev–Trinajstić information content (AvgIpc) is 2.78. The molecule has 0 unspecified atom stereocenters. The van der Waals surface area contributed by atoms with Gasteiger partial charge in [-0.3, -0.25) is 4.79 Å². The molecule has 2 aromatic rings. The number of aliphatic carboxylic acids is 1. The number of carboxylic acids is 1. The maximum atomic E-state index is 13.3. The molecule has 1 aliphatic heterocycles. The number of benzene rings is 2. The second-order valence-electron chi connectivity index (χ2n) is 8.13. The number of hydrogen-bond acceptors (Lipinski definition) is 6. The van der Waals surface area contributed by atoms with Crippen LogP contribution in [0.15, 0.2) is 53.4 Å². The molecular formula is C23H27FN2O7S. The smallest absolute Gasteiger partial charge is 0.407 e. The van der Waals surface area contributed by atoms with Crippen LogP contribution in [0.5, 0.6) is 5.75 Å². The van der Waals surface area contributed by atoms with Gasteiger partial charge >= 0.3 is 12.1 Å². The van der Waals surface area contributed by atoms with Crippen molar-refractivity contribution in [1.29, 1.82) is 0 Å². The molecule has 2 aromatic carbocycles. The largest absolute Gasteiger partial charge is 0.489 e. The van der Waals surface area contributed by atoms with Crippen LogP contribution in [0, 0.1) is 5.82 Å². The number of halogens is 1. The van der Waals surface area contributed by atoms with Crippen LogP contribution in [0.25, 0.3) is 0 Å². The summed E-state index contributed by atoms with van der Waals surface area (Å²) in [6.45, 7) is 3.47. The molecular weight excluding hydrogens is 467 g/mol. The number of hydrogen-bond donors (Lipinski definition) is 2. The lowest BCUT2D eigenvalue weighted by molar-refractivity contribution is -0.143. The van der Waals surface area contributed by atoms with Crippen LogP contribution in [0.4, 0.5) is 9.18 Å². The molecule has 2 atom stereocenters. The lowest BCUT2D eigenvalue weighted by Gasteiger charge is -2.37. The van der Waals surface area contributed by atoms with Gasteiger partial charge in [-0.25, -0.2) is 17.6 Å². The predicted molar refractivity (Wildman–Crippen MR) is 120 cm³/mol. The van der Waals surface area contributed by atoms with Gasteiger partial charge in [0.05, 0.1) is 17.0 Å². The molecule has 0 radical (unpaired) electrons. The van der Waals surface area contributed by atoms with E-state index in [2.05, 4.69) is 5.32 Å². The van der Waals surface area contributed by atoms with E-state index in [4.69, 9.17) is 9.47 Å². The molecule has 0 bridgehead atoms. The topological polar surface area (TPSA) is 122 Å². The van der Waals surface area contributed by atoms with Gasteiger partial charge in [0.2, 0.25) is 10.0 Å². The molecule has 0 saturated carbocycles. The van der Waals surface area contributed by atoms with Gasteiger partial charge in [0.15, 0.2) is 0 Å². The predicted octanol–water partition coefficient (Wildman–Crippen LogP) is 3.15. The summed E-state index contributed by atoms with van der Waals surface area (Å²) in [6, 6.07) is 8.97. The molecule has 2 N–H and O–H groups in total. The quantitative estimate of drug-likeness (QED) is 0.578. The number of amides is 1. The molecule has 1 aliphatic rings. The van der Waals surface area contributed by atoms with Crippen LogP contribution in [0.1, 0.15) is 32.3 Å². The Morgan fingerprint density at radius 2 is 1.79 bits per heavy atom. The molecule has 3 rings (SSSR count). The first-order valence-electron chi connectivity index (χ1n) is 10.8. The minimum absolute atomic E-state index is 0.000470. The van der Waals surface area contributed by atoms with Crippen molar-refractivity contribution in [2.75, 3.05) is 6.54 Å². The number of sulfonamides is 1. The normalized spacial score (nSPS) is 18.9. The summed E-state index contributed by atoms with van der Waals surface area (Å²) in [5.41, 5.74) is 0.741. The minimum Gasteiger partial charge on any atom is -0.489 e. The molecule has 9 nitrogen and oxygen atoms in total. The summed E-state index contributed by atoms with van der Waals surface area (Å²) in [6.07, 6.45) is -0.537. The van der Waals surface area contributed by atoms with Crippen molar-refractivity contribution in [3.8, 4) is 5.75 Å². The van der Waals surface area contributed by atoms with Crippen LogP contribution in [-0.2, 0) is 26.2 Å². The van der Waals surface area contributed by atoms with E-state index in [-0.39, 0.29) is 23.9 Å². The molecule has 0 spiro atoms. The van der Waals surface area contributed by atoms with Crippen molar-refractivity contribution in [2.24, 2.45) is 0 Å². The first-order chi connectivity index (χ1) is 16.1. The first kappa shape index (κ1) is 25.4. The number of carboxylic acid groups (broad SMARTS) is 1. The highest BCUT2D eigenvalue weighted by atomic mass is 32.2. The van der Waals surface area contributed by atoms with Crippen molar-refractivity contribution in [2.45, 2.75) is 56.4 Å². The van der Waals surface area contributed by atoms with Gasteiger partial charge in [-0.2, -0.15) is 4.31 Å². The summed E-state index contributed by atoms with van der Waals surface area (Å²) >= 11 is 0. The van der Waals surface area contributed by atoms with E-state index in [0.29, 0.717) is 18.6 Å². The highest BCUT2D eigenvalue weighted by Gasteiger charge is 2.44. The zero-order valence-electron chi connectivity index (χ0n) is 18.8. The van der Waals surface area contributed by atoms with E-state index >= 15 is 0 Å². The standard InChI is InChI=1S/C23H27FN2O7S/c1-15(2)33-23(29)25-20-4-3-13-26(21(20)22(27)28)34(30,31)19-11-9-18(10-12-19)32-14-16-5-7-17(24)8-6-16/h5-12,15,20-21H,3-4,13-14H2,1-2H3,(H,25,29)(H,27,28)/t20-,21+/m0/s1. The second-order valence-corrected chi connectivity index (χ2v) is 10.0. The number of piperidine rings is 1. The highest BCUT2D eigenvalue weighted by Crippen LogP contribution is 2.27. The fourth-order valence-electron chi connectivity index (χ4n) is 3.67. The van der Waals surface area contributed by atoms with Crippen molar-refractivity contribution >= 4 is 22.1 Å². The fourth-order valence-corrected chi connectivity index (χ4v) is 5.33. The lowest BCUT2D eigenvalue weighted by atomic mass is 9.98. The van der Waals surface area contributed by atoms with E-state index in [9.17, 15) is 27.5 Å². The highest BCUT2D eigenvalue weighted by molar-refractivity contribution is 7.89. The summed E-state index contributed by atoms with van der Waals surface area (Å²) in [4.78, 5) is 23.9. The molecule has 1 fully saturated rings. The van der Waals surface area contributed by atoms with Gasteiger partial charge in [-0.05, 0) is 68.7 Å². The zero-order chi connectivity index (χ0) is 24.9. The van der Waals surface area contributed by atoms with E-state index in [1.54, 1.807) is 26.0 Å². The summed E-state index contributed by atoms with van der Waals surface area (Å²) < 4.78 is 51.1. The zero-order valence-corrected chi connectivity index (χ0v) is 19.6. The molecule has 11 heteroatoms. The van der Waals surface area contributed by atoms with E-state index in [1.807, 2.05) is 0 Å². The Morgan fingerprint density at radius 1 is 1.15 bits per heavy atom. The Morgan fingerprint density at radius 3 is 2.38 bits per heavy atom. The Kier molecular flexibility index (Phi) is 8.11. The third-order valence-corrected chi connectivity index (χ3v) is 7.13. The maximum absolute atomic E-state index is 13.3. The maximum Gasteiger partial charge on any atom is 0.407 e. The number of nitrogens with zero attached hydrogens (tertiary/aromatic N) is 1. The second kappa shape index (κ2) is 10.8. The van der Waals surface area contributed by atoms with Crippen molar-refractivity contribution in [3.05, 3.63) is 59.9 Å². The number of carbonyl (C=O) groups is 2. The third-order valence-electron chi connectivity index (χ3n) is 5.23. The average molecular weight is 495 g/mol. The minimum atomic E-state index is -4.17. The van der Waals surface area contributed by atoms with Crippen molar-refractivity contribution < 1.29 is 37.0 Å². The summed E-state index contributed by atoms with van der Waals surface area (Å²) in [7, 11) is -4.17. The van der Waals surface area contributed by atoms with Gasteiger partial charge in [-0.15, -0.1) is 0 Å². The van der Waals surface area contributed by atoms with Crippen LogP contribution in [0.3, 0.4) is 0 Å². The van der Waals surface area contributed by atoms with E-state index < -0.39 is 40.3 Å². The van der Waals surface area contributed by atoms with Crippen LogP contribution in [-0.4, -0.2) is 54.6 Å². The third kappa shape index (κ3) is 6.23. The molecule has 1 amide bonds.